The number of carbonyl (C=O) groups excluding carboxylic acids is 1. The summed E-state index contributed by atoms with van der Waals surface area (Å²) in [5, 5.41) is 12.7. The molecule has 2 N–H and O–H groups in total. The van der Waals surface area contributed by atoms with Gasteiger partial charge in [0.1, 0.15) is 11.5 Å². The molecule has 0 fully saturated rings. The van der Waals surface area contributed by atoms with Crippen molar-refractivity contribution in [1.82, 2.24) is 0 Å². The number of nitrogens with one attached hydrogen (secondary N) is 1. The Labute approximate surface area is 213 Å². The van der Waals surface area contributed by atoms with Crippen molar-refractivity contribution in [2.75, 3.05) is 11.9 Å². The number of para-hydroxylation sites is 3. The average molecular weight is 482 g/mol. The summed E-state index contributed by atoms with van der Waals surface area (Å²) in [5.74, 6) is 1.20. The zero-order valence-corrected chi connectivity index (χ0v) is 22.1. The van der Waals surface area contributed by atoms with E-state index >= 15 is 0 Å². The summed E-state index contributed by atoms with van der Waals surface area (Å²) >= 11 is 0. The van der Waals surface area contributed by atoms with E-state index in [0.29, 0.717) is 23.6 Å². The number of ether oxygens (including phenoxy) is 1. The fourth-order valence-corrected chi connectivity index (χ4v) is 4.33. The predicted octanol–water partition coefficient (Wildman–Crippen LogP) is 9.14. The van der Waals surface area contributed by atoms with Crippen LogP contribution in [0.15, 0.2) is 48.5 Å². The summed E-state index contributed by atoms with van der Waals surface area (Å²) in [5.41, 5.74) is 0.871. The summed E-state index contributed by atoms with van der Waals surface area (Å²) in [6.45, 7) is 5.24. The van der Waals surface area contributed by atoms with E-state index in [1.807, 2.05) is 18.2 Å². The molecule has 0 saturated carbocycles. The number of hydrogen-bond acceptors (Lipinski definition) is 3. The van der Waals surface area contributed by atoms with Gasteiger partial charge in [0.25, 0.3) is 5.91 Å². The average Bonchev–Trinajstić information content (AvgIpc) is 2.85. The Bertz CT molecular complexity index is 833. The molecule has 2 aromatic rings. The fraction of sp³-hybridized carbons (Fsp3) is 0.581. The minimum atomic E-state index is -0.284. The maximum absolute atomic E-state index is 12.7. The number of benzene rings is 2. The maximum atomic E-state index is 12.7. The molecular formula is C31H47NO3. The number of anilines is 1. The van der Waals surface area contributed by atoms with Gasteiger partial charge in [0, 0.05) is 0 Å². The van der Waals surface area contributed by atoms with Crippen molar-refractivity contribution >= 4 is 11.6 Å². The first kappa shape index (κ1) is 28.7. The van der Waals surface area contributed by atoms with Gasteiger partial charge in [0.05, 0.1) is 17.9 Å². The number of carbonyl (C=O) groups is 1. The molecule has 0 unspecified atom stereocenters. The van der Waals surface area contributed by atoms with Gasteiger partial charge in [-0.05, 0) is 36.6 Å². The van der Waals surface area contributed by atoms with Crippen molar-refractivity contribution in [3.63, 3.8) is 0 Å². The van der Waals surface area contributed by atoms with E-state index in [1.165, 1.54) is 77.0 Å². The molecule has 2 aromatic carbocycles. The first-order valence-corrected chi connectivity index (χ1v) is 13.9. The molecule has 4 heteroatoms. The summed E-state index contributed by atoms with van der Waals surface area (Å²) in [4.78, 5) is 12.7. The van der Waals surface area contributed by atoms with Crippen LogP contribution in [-0.4, -0.2) is 17.6 Å². The molecule has 0 atom stereocenters. The van der Waals surface area contributed by atoms with Crippen LogP contribution >= 0.6 is 0 Å². The molecule has 0 radical (unpaired) electrons. The first-order valence-electron chi connectivity index (χ1n) is 13.9. The topological polar surface area (TPSA) is 58.6 Å². The van der Waals surface area contributed by atoms with Crippen LogP contribution in [0.2, 0.25) is 0 Å². The van der Waals surface area contributed by atoms with Crippen LogP contribution in [0.5, 0.6) is 11.5 Å². The van der Waals surface area contributed by atoms with E-state index in [-0.39, 0.29) is 11.7 Å². The highest BCUT2D eigenvalue weighted by molar-refractivity contribution is 6.06. The molecule has 0 aliphatic carbocycles. The highest BCUT2D eigenvalue weighted by Crippen LogP contribution is 2.25. The Balaban J connectivity index is 1.49. The Morgan fingerprint density at radius 2 is 1.26 bits per heavy atom. The minimum absolute atomic E-state index is 0.0479. The molecule has 35 heavy (non-hydrogen) atoms. The maximum Gasteiger partial charge on any atom is 0.259 e. The number of hydrogen-bond donors (Lipinski definition) is 2. The Morgan fingerprint density at radius 3 is 1.86 bits per heavy atom. The standard InChI is InChI=1S/C31H47NO3/c1-26(2)20-14-12-10-8-6-4-3-5-7-9-11-13-19-25-35-30-24-18-15-21-27(30)31(34)32-28-22-16-17-23-29(28)33/h15-18,21-24,26,33H,3-14,19-20,25H2,1-2H3,(H,32,34). The van der Waals surface area contributed by atoms with Crippen LogP contribution in [0.3, 0.4) is 0 Å². The second kappa shape index (κ2) is 17.9. The molecule has 2 rings (SSSR count). The number of amides is 1. The van der Waals surface area contributed by atoms with Crippen LogP contribution in [0.4, 0.5) is 5.69 Å². The van der Waals surface area contributed by atoms with E-state index in [2.05, 4.69) is 19.2 Å². The van der Waals surface area contributed by atoms with Gasteiger partial charge >= 0.3 is 0 Å². The number of phenolic OH excluding ortho intramolecular Hbond substituents is 1. The smallest absolute Gasteiger partial charge is 0.259 e. The second-order valence-corrected chi connectivity index (χ2v) is 10.1. The molecule has 194 valence electrons. The second-order valence-electron chi connectivity index (χ2n) is 10.1. The van der Waals surface area contributed by atoms with E-state index in [4.69, 9.17) is 4.74 Å². The highest BCUT2D eigenvalue weighted by atomic mass is 16.5. The van der Waals surface area contributed by atoms with Gasteiger partial charge in [-0.2, -0.15) is 0 Å². The van der Waals surface area contributed by atoms with Gasteiger partial charge in [0.2, 0.25) is 0 Å². The molecule has 0 aromatic heterocycles. The molecule has 0 aliphatic rings. The van der Waals surface area contributed by atoms with E-state index in [1.54, 1.807) is 30.3 Å². The third-order valence-corrected chi connectivity index (χ3v) is 6.47. The van der Waals surface area contributed by atoms with E-state index < -0.39 is 0 Å². The van der Waals surface area contributed by atoms with Gasteiger partial charge < -0.3 is 15.2 Å². The molecule has 0 bridgehead atoms. The summed E-state index contributed by atoms with van der Waals surface area (Å²) in [6, 6.07) is 14.0. The normalized spacial score (nSPS) is 11.1. The van der Waals surface area contributed by atoms with Gasteiger partial charge in [-0.1, -0.05) is 122 Å². The van der Waals surface area contributed by atoms with Gasteiger partial charge in [-0.15, -0.1) is 0 Å². The van der Waals surface area contributed by atoms with Crippen molar-refractivity contribution in [1.29, 1.82) is 0 Å². The molecule has 0 heterocycles. The molecule has 0 saturated heterocycles. The number of phenols is 1. The van der Waals surface area contributed by atoms with Crippen molar-refractivity contribution in [3.8, 4) is 11.5 Å². The molecule has 0 aliphatic heterocycles. The van der Waals surface area contributed by atoms with Crippen LogP contribution < -0.4 is 10.1 Å². The van der Waals surface area contributed by atoms with Crippen molar-refractivity contribution in [3.05, 3.63) is 54.1 Å². The highest BCUT2D eigenvalue weighted by Gasteiger charge is 2.13. The third-order valence-electron chi connectivity index (χ3n) is 6.47. The molecule has 0 spiro atoms. The minimum Gasteiger partial charge on any atom is -0.506 e. The molecule has 1 amide bonds. The van der Waals surface area contributed by atoms with Gasteiger partial charge in [-0.3, -0.25) is 4.79 Å². The quantitative estimate of drug-likeness (QED) is 0.155. The van der Waals surface area contributed by atoms with E-state index in [9.17, 15) is 9.90 Å². The van der Waals surface area contributed by atoms with E-state index in [0.717, 1.165) is 18.8 Å². The SMILES string of the molecule is CC(C)CCCCCCCCCCCCCCCOc1ccccc1C(=O)Nc1ccccc1O. The van der Waals surface area contributed by atoms with Crippen LogP contribution in [0.1, 0.15) is 114 Å². The van der Waals surface area contributed by atoms with Crippen LogP contribution in [0, 0.1) is 5.92 Å². The van der Waals surface area contributed by atoms with Gasteiger partial charge in [-0.25, -0.2) is 0 Å². The predicted molar refractivity (Wildman–Crippen MR) is 147 cm³/mol. The molecule has 4 nitrogen and oxygen atoms in total. The third kappa shape index (κ3) is 12.7. The lowest BCUT2D eigenvalue weighted by atomic mass is 10.0. The number of rotatable bonds is 19. The zero-order chi connectivity index (χ0) is 25.1. The monoisotopic (exact) mass is 481 g/mol. The number of aromatic hydroxyl groups is 1. The Morgan fingerprint density at radius 1 is 0.743 bits per heavy atom. The van der Waals surface area contributed by atoms with Gasteiger partial charge in [0.15, 0.2) is 0 Å². The Hall–Kier alpha value is -2.49. The lowest BCUT2D eigenvalue weighted by Gasteiger charge is -2.12. The van der Waals surface area contributed by atoms with Crippen molar-refractivity contribution in [2.24, 2.45) is 5.92 Å². The lowest BCUT2D eigenvalue weighted by molar-refractivity contribution is 0.102. The molecular weight excluding hydrogens is 434 g/mol. The number of unbranched alkanes of at least 4 members (excludes halogenated alkanes) is 12. The lowest BCUT2D eigenvalue weighted by Crippen LogP contribution is -2.14. The van der Waals surface area contributed by atoms with Crippen molar-refractivity contribution < 1.29 is 14.6 Å². The van der Waals surface area contributed by atoms with Crippen LogP contribution in [0.25, 0.3) is 0 Å². The summed E-state index contributed by atoms with van der Waals surface area (Å²) in [7, 11) is 0. The van der Waals surface area contributed by atoms with Crippen LogP contribution in [-0.2, 0) is 0 Å². The zero-order valence-electron chi connectivity index (χ0n) is 22.1. The largest absolute Gasteiger partial charge is 0.506 e. The van der Waals surface area contributed by atoms with Crippen molar-refractivity contribution in [2.45, 2.75) is 104 Å². The summed E-state index contributed by atoms with van der Waals surface area (Å²) in [6.07, 6.45) is 18.6. The Kier molecular flexibility index (Phi) is 14.7. The first-order chi connectivity index (χ1) is 17.1. The fourth-order valence-electron chi connectivity index (χ4n) is 4.33. The summed E-state index contributed by atoms with van der Waals surface area (Å²) < 4.78 is 5.92.